The second-order valence-corrected chi connectivity index (χ2v) is 5.53. The van der Waals surface area contributed by atoms with Crippen LogP contribution >= 0.6 is 11.6 Å². The van der Waals surface area contributed by atoms with Gasteiger partial charge in [-0.05, 0) is 49.8 Å². The monoisotopic (exact) mass is 265 g/mol. The molecule has 3 heteroatoms. The Morgan fingerprint density at radius 3 is 2.44 bits per heavy atom. The van der Waals surface area contributed by atoms with Crippen LogP contribution in [0.15, 0.2) is 18.2 Å². The average Bonchev–Trinajstić information content (AvgIpc) is 2.41. The number of hydrogen-bond acceptors (Lipinski definition) is 1. The Morgan fingerprint density at radius 1 is 1.17 bits per heavy atom. The minimum atomic E-state index is -0.539. The van der Waals surface area contributed by atoms with Crippen molar-refractivity contribution in [2.24, 2.45) is 0 Å². The molecular formula is C15H20ClNO. The van der Waals surface area contributed by atoms with E-state index in [0.717, 1.165) is 31.5 Å². The van der Waals surface area contributed by atoms with Gasteiger partial charge in [-0.3, -0.25) is 4.79 Å². The Bertz CT molecular complexity index is 438. The lowest BCUT2D eigenvalue weighted by Crippen LogP contribution is -2.37. The van der Waals surface area contributed by atoms with Gasteiger partial charge in [-0.15, -0.1) is 11.6 Å². The lowest BCUT2D eigenvalue weighted by atomic mass is 10.0. The molecule has 0 N–H and O–H groups in total. The van der Waals surface area contributed by atoms with Crippen molar-refractivity contribution in [1.82, 2.24) is 4.90 Å². The summed E-state index contributed by atoms with van der Waals surface area (Å²) < 4.78 is 0. The van der Waals surface area contributed by atoms with E-state index in [-0.39, 0.29) is 5.91 Å². The molecule has 98 valence electrons. The molecule has 1 aromatic rings. The molecule has 1 amide bonds. The van der Waals surface area contributed by atoms with Crippen molar-refractivity contribution < 1.29 is 4.79 Å². The fraction of sp³-hybridized carbons (Fsp3) is 0.533. The fourth-order valence-electron chi connectivity index (χ4n) is 2.34. The van der Waals surface area contributed by atoms with Gasteiger partial charge in [-0.25, -0.2) is 0 Å². The number of halogens is 1. The fourth-order valence-corrected chi connectivity index (χ4v) is 2.61. The molecule has 18 heavy (non-hydrogen) atoms. The molecule has 1 aliphatic rings. The first-order valence-electron chi connectivity index (χ1n) is 6.59. The van der Waals surface area contributed by atoms with E-state index < -0.39 is 5.38 Å². The van der Waals surface area contributed by atoms with Crippen LogP contribution in [0, 0.1) is 13.8 Å². The van der Waals surface area contributed by atoms with Crippen molar-refractivity contribution in [2.45, 2.75) is 38.5 Å². The van der Waals surface area contributed by atoms with Gasteiger partial charge in [-0.1, -0.05) is 18.2 Å². The number of benzene rings is 1. The zero-order chi connectivity index (χ0) is 13.1. The molecule has 1 unspecified atom stereocenters. The van der Waals surface area contributed by atoms with Crippen molar-refractivity contribution in [2.75, 3.05) is 13.1 Å². The standard InChI is InChI=1S/C15H20ClNO/c1-11-6-7-13(10-12(11)2)14(16)15(18)17-8-4-3-5-9-17/h6-7,10,14H,3-5,8-9H2,1-2H3. The third-order valence-electron chi connectivity index (χ3n) is 3.71. The minimum Gasteiger partial charge on any atom is -0.341 e. The van der Waals surface area contributed by atoms with Crippen molar-refractivity contribution in [3.8, 4) is 0 Å². The second-order valence-electron chi connectivity index (χ2n) is 5.09. The van der Waals surface area contributed by atoms with E-state index in [1.54, 1.807) is 0 Å². The van der Waals surface area contributed by atoms with Crippen molar-refractivity contribution in [3.63, 3.8) is 0 Å². The molecule has 0 aromatic heterocycles. The molecule has 1 atom stereocenters. The molecule has 0 aliphatic carbocycles. The summed E-state index contributed by atoms with van der Waals surface area (Å²) in [4.78, 5) is 14.2. The number of piperidine rings is 1. The molecule has 1 fully saturated rings. The smallest absolute Gasteiger partial charge is 0.245 e. The van der Waals surface area contributed by atoms with Crippen LogP contribution in [0.1, 0.15) is 41.3 Å². The Labute approximate surface area is 114 Å². The summed E-state index contributed by atoms with van der Waals surface area (Å²) in [5, 5.41) is -0.539. The first-order valence-corrected chi connectivity index (χ1v) is 7.03. The Kier molecular flexibility index (Phi) is 4.28. The van der Waals surface area contributed by atoms with Gasteiger partial charge >= 0.3 is 0 Å². The highest BCUT2D eigenvalue weighted by Gasteiger charge is 2.25. The molecule has 2 rings (SSSR count). The molecule has 2 nitrogen and oxygen atoms in total. The van der Waals surface area contributed by atoms with E-state index in [4.69, 9.17) is 11.6 Å². The Balaban J connectivity index is 2.11. The van der Waals surface area contributed by atoms with Crippen LogP contribution < -0.4 is 0 Å². The summed E-state index contributed by atoms with van der Waals surface area (Å²) >= 11 is 6.32. The highest BCUT2D eigenvalue weighted by atomic mass is 35.5. The highest BCUT2D eigenvalue weighted by Crippen LogP contribution is 2.26. The van der Waals surface area contributed by atoms with E-state index in [0.29, 0.717) is 0 Å². The lowest BCUT2D eigenvalue weighted by Gasteiger charge is -2.28. The normalized spacial score (nSPS) is 17.6. The van der Waals surface area contributed by atoms with E-state index >= 15 is 0 Å². The van der Waals surface area contributed by atoms with Gasteiger partial charge in [0.25, 0.3) is 0 Å². The maximum Gasteiger partial charge on any atom is 0.245 e. The zero-order valence-electron chi connectivity index (χ0n) is 11.1. The third-order valence-corrected chi connectivity index (χ3v) is 4.15. The first-order chi connectivity index (χ1) is 8.59. The van der Waals surface area contributed by atoms with Crippen molar-refractivity contribution >= 4 is 17.5 Å². The van der Waals surface area contributed by atoms with Crippen LogP contribution in [0.2, 0.25) is 0 Å². The maximum atomic E-state index is 12.3. The largest absolute Gasteiger partial charge is 0.341 e. The number of carbonyl (C=O) groups is 1. The molecule has 0 spiro atoms. The van der Waals surface area contributed by atoms with Gasteiger partial charge in [-0.2, -0.15) is 0 Å². The molecule has 1 aromatic carbocycles. The number of nitrogens with zero attached hydrogens (tertiary/aromatic N) is 1. The third kappa shape index (κ3) is 2.86. The van der Waals surface area contributed by atoms with Crippen LogP contribution in [0.3, 0.4) is 0 Å². The van der Waals surface area contributed by atoms with Gasteiger partial charge in [0, 0.05) is 13.1 Å². The molecule has 1 aliphatic heterocycles. The summed E-state index contributed by atoms with van der Waals surface area (Å²) in [5.41, 5.74) is 3.33. The Hall–Kier alpha value is -1.02. The van der Waals surface area contributed by atoms with Crippen molar-refractivity contribution in [1.29, 1.82) is 0 Å². The van der Waals surface area contributed by atoms with Crippen LogP contribution in [0.5, 0.6) is 0 Å². The first kappa shape index (κ1) is 13.4. The van der Waals surface area contributed by atoms with Crippen molar-refractivity contribution in [3.05, 3.63) is 34.9 Å². The van der Waals surface area contributed by atoms with Crippen LogP contribution in [-0.4, -0.2) is 23.9 Å². The number of likely N-dealkylation sites (tertiary alicyclic amines) is 1. The summed E-state index contributed by atoms with van der Waals surface area (Å²) in [5.74, 6) is 0.0552. The van der Waals surface area contributed by atoms with Crippen LogP contribution in [0.4, 0.5) is 0 Å². The molecule has 1 saturated heterocycles. The Morgan fingerprint density at radius 2 is 1.83 bits per heavy atom. The number of aryl methyl sites for hydroxylation is 2. The number of amides is 1. The lowest BCUT2D eigenvalue weighted by molar-refractivity contribution is -0.131. The van der Waals surface area contributed by atoms with Gasteiger partial charge in [0.15, 0.2) is 0 Å². The molecular weight excluding hydrogens is 246 g/mol. The minimum absolute atomic E-state index is 0.0552. The van der Waals surface area contributed by atoms with E-state index in [2.05, 4.69) is 6.92 Å². The van der Waals surface area contributed by atoms with E-state index in [1.807, 2.05) is 30.0 Å². The number of carbonyl (C=O) groups excluding carboxylic acids is 1. The number of hydrogen-bond donors (Lipinski definition) is 0. The topological polar surface area (TPSA) is 20.3 Å². The van der Waals surface area contributed by atoms with Gasteiger partial charge in [0.1, 0.15) is 5.38 Å². The predicted molar refractivity (Wildman–Crippen MR) is 74.9 cm³/mol. The van der Waals surface area contributed by atoms with Crippen LogP contribution in [-0.2, 0) is 4.79 Å². The summed E-state index contributed by atoms with van der Waals surface area (Å²) in [6, 6.07) is 6.01. The van der Waals surface area contributed by atoms with E-state index in [1.165, 1.54) is 17.5 Å². The summed E-state index contributed by atoms with van der Waals surface area (Å²) in [6.07, 6.45) is 3.42. The predicted octanol–water partition coefficient (Wildman–Crippen LogP) is 3.60. The van der Waals surface area contributed by atoms with Gasteiger partial charge < -0.3 is 4.90 Å². The summed E-state index contributed by atoms with van der Waals surface area (Å²) in [6.45, 7) is 5.82. The maximum absolute atomic E-state index is 12.3. The quantitative estimate of drug-likeness (QED) is 0.749. The van der Waals surface area contributed by atoms with Crippen LogP contribution in [0.25, 0.3) is 0 Å². The number of rotatable bonds is 2. The van der Waals surface area contributed by atoms with Gasteiger partial charge in [0.2, 0.25) is 5.91 Å². The average molecular weight is 266 g/mol. The highest BCUT2D eigenvalue weighted by molar-refractivity contribution is 6.30. The molecule has 0 bridgehead atoms. The number of alkyl halides is 1. The van der Waals surface area contributed by atoms with Gasteiger partial charge in [0.05, 0.1) is 0 Å². The second kappa shape index (κ2) is 5.75. The SMILES string of the molecule is Cc1ccc(C(Cl)C(=O)N2CCCCC2)cc1C. The summed E-state index contributed by atoms with van der Waals surface area (Å²) in [7, 11) is 0. The molecule has 0 saturated carbocycles. The zero-order valence-corrected chi connectivity index (χ0v) is 11.8. The molecule has 1 heterocycles. The molecule has 0 radical (unpaired) electrons. The van der Waals surface area contributed by atoms with E-state index in [9.17, 15) is 4.79 Å².